The van der Waals surface area contributed by atoms with Crippen LogP contribution in [0.15, 0.2) is 24.4 Å². The van der Waals surface area contributed by atoms with Crippen molar-refractivity contribution < 1.29 is 9.72 Å². The predicted octanol–water partition coefficient (Wildman–Crippen LogP) is 1.82. The van der Waals surface area contributed by atoms with Crippen LogP contribution >= 0.6 is 11.6 Å². The Morgan fingerprint density at radius 1 is 1.56 bits per heavy atom. The highest BCUT2D eigenvalue weighted by molar-refractivity contribution is 6.28. The van der Waals surface area contributed by atoms with Gasteiger partial charge in [-0.25, -0.2) is 0 Å². The standard InChI is InChI=1S/C9H6ClN3O3/c10-4-9(14)12-7-2-1-3-8(13(15)16)6(7)5-11-12/h1-3,5H,4H2. The van der Waals surface area contributed by atoms with Gasteiger partial charge in [0.2, 0.25) is 0 Å². The number of nitrogens with zero attached hydrogens (tertiary/aromatic N) is 3. The maximum absolute atomic E-state index is 11.4. The van der Waals surface area contributed by atoms with E-state index in [1.165, 1.54) is 18.3 Å². The molecule has 0 aliphatic heterocycles. The number of rotatable bonds is 2. The van der Waals surface area contributed by atoms with Crippen LogP contribution in [0, 0.1) is 10.1 Å². The van der Waals surface area contributed by atoms with E-state index in [9.17, 15) is 14.9 Å². The van der Waals surface area contributed by atoms with Crippen LogP contribution in [0.3, 0.4) is 0 Å². The van der Waals surface area contributed by atoms with E-state index in [2.05, 4.69) is 5.10 Å². The van der Waals surface area contributed by atoms with E-state index in [4.69, 9.17) is 11.6 Å². The van der Waals surface area contributed by atoms with Crippen molar-refractivity contribution in [3.8, 4) is 0 Å². The lowest BCUT2D eigenvalue weighted by Crippen LogP contribution is -2.12. The van der Waals surface area contributed by atoms with Crippen LogP contribution in [-0.2, 0) is 0 Å². The SMILES string of the molecule is O=C(CCl)n1ncc2c([N+](=O)[O-])cccc21. The molecule has 6 nitrogen and oxygen atoms in total. The average molecular weight is 240 g/mol. The third-order valence-electron chi connectivity index (χ3n) is 2.14. The number of fused-ring (bicyclic) bond motifs is 1. The maximum Gasteiger partial charge on any atom is 0.280 e. The summed E-state index contributed by atoms with van der Waals surface area (Å²) in [5.74, 6) is -0.642. The Morgan fingerprint density at radius 3 is 2.94 bits per heavy atom. The van der Waals surface area contributed by atoms with Crippen LogP contribution in [0.25, 0.3) is 10.9 Å². The van der Waals surface area contributed by atoms with Crippen LogP contribution in [0.4, 0.5) is 5.69 Å². The van der Waals surface area contributed by atoms with Gasteiger partial charge in [-0.1, -0.05) is 6.07 Å². The van der Waals surface area contributed by atoms with Crippen LogP contribution in [0.5, 0.6) is 0 Å². The fraction of sp³-hybridized carbons (Fsp3) is 0.111. The maximum atomic E-state index is 11.4. The Kier molecular flexibility index (Phi) is 2.57. The molecule has 0 atom stereocenters. The van der Waals surface area contributed by atoms with E-state index >= 15 is 0 Å². The fourth-order valence-electron chi connectivity index (χ4n) is 1.45. The summed E-state index contributed by atoms with van der Waals surface area (Å²) < 4.78 is 1.06. The lowest BCUT2D eigenvalue weighted by atomic mass is 10.2. The Balaban J connectivity index is 2.71. The van der Waals surface area contributed by atoms with E-state index in [1.807, 2.05) is 0 Å². The normalized spacial score (nSPS) is 10.6. The Morgan fingerprint density at radius 2 is 2.31 bits per heavy atom. The Labute approximate surface area is 94.6 Å². The average Bonchev–Trinajstić information content (AvgIpc) is 2.71. The molecule has 0 aliphatic carbocycles. The van der Waals surface area contributed by atoms with E-state index in [0.29, 0.717) is 10.9 Å². The van der Waals surface area contributed by atoms with E-state index in [1.54, 1.807) is 6.07 Å². The largest absolute Gasteiger partial charge is 0.280 e. The molecule has 1 aromatic heterocycles. The van der Waals surface area contributed by atoms with Crippen molar-refractivity contribution >= 4 is 34.1 Å². The van der Waals surface area contributed by atoms with Crippen molar-refractivity contribution in [3.05, 3.63) is 34.5 Å². The summed E-state index contributed by atoms with van der Waals surface area (Å²) in [6.45, 7) is 0. The van der Waals surface area contributed by atoms with E-state index in [-0.39, 0.29) is 11.6 Å². The lowest BCUT2D eigenvalue weighted by molar-refractivity contribution is -0.383. The predicted molar refractivity (Wildman–Crippen MR) is 57.7 cm³/mol. The second-order valence-corrected chi connectivity index (χ2v) is 3.32. The third-order valence-corrected chi connectivity index (χ3v) is 2.37. The first-order valence-electron chi connectivity index (χ1n) is 4.35. The minimum absolute atomic E-state index is 0.0777. The summed E-state index contributed by atoms with van der Waals surface area (Å²) in [4.78, 5) is 21.6. The number of nitro groups is 1. The first kappa shape index (κ1) is 10.6. The van der Waals surface area contributed by atoms with Gasteiger partial charge < -0.3 is 0 Å². The number of hydrogen-bond donors (Lipinski definition) is 0. The molecular weight excluding hydrogens is 234 g/mol. The van der Waals surface area contributed by atoms with Gasteiger partial charge in [0.1, 0.15) is 5.88 Å². The van der Waals surface area contributed by atoms with Crippen LogP contribution in [0.1, 0.15) is 4.79 Å². The highest BCUT2D eigenvalue weighted by Crippen LogP contribution is 2.24. The minimum Gasteiger partial charge on any atom is -0.271 e. The summed E-state index contributed by atoms with van der Waals surface area (Å²) in [6.07, 6.45) is 1.29. The first-order valence-corrected chi connectivity index (χ1v) is 4.89. The smallest absolute Gasteiger partial charge is 0.271 e. The third kappa shape index (κ3) is 1.53. The highest BCUT2D eigenvalue weighted by Gasteiger charge is 2.17. The van der Waals surface area contributed by atoms with Crippen molar-refractivity contribution in [2.24, 2.45) is 0 Å². The molecule has 7 heteroatoms. The topological polar surface area (TPSA) is 78.0 Å². The van der Waals surface area contributed by atoms with Crippen molar-refractivity contribution in [2.75, 3.05) is 5.88 Å². The van der Waals surface area contributed by atoms with Gasteiger partial charge in [-0.3, -0.25) is 14.9 Å². The summed E-state index contributed by atoms with van der Waals surface area (Å²) >= 11 is 5.40. The molecule has 0 saturated carbocycles. The zero-order valence-corrected chi connectivity index (χ0v) is 8.72. The summed E-state index contributed by atoms with van der Waals surface area (Å²) in [7, 11) is 0. The van der Waals surface area contributed by atoms with Crippen LogP contribution in [-0.4, -0.2) is 26.5 Å². The van der Waals surface area contributed by atoms with Crippen LogP contribution in [0.2, 0.25) is 0 Å². The second-order valence-electron chi connectivity index (χ2n) is 3.05. The zero-order valence-electron chi connectivity index (χ0n) is 7.96. The van der Waals surface area contributed by atoms with Gasteiger partial charge in [0.25, 0.3) is 11.6 Å². The molecule has 0 bridgehead atoms. The van der Waals surface area contributed by atoms with Gasteiger partial charge in [0.15, 0.2) is 0 Å². The molecule has 0 spiro atoms. The lowest BCUT2D eigenvalue weighted by Gasteiger charge is -1.98. The molecular formula is C9H6ClN3O3. The zero-order chi connectivity index (χ0) is 11.7. The van der Waals surface area contributed by atoms with Crippen molar-refractivity contribution in [1.29, 1.82) is 0 Å². The highest BCUT2D eigenvalue weighted by atomic mass is 35.5. The van der Waals surface area contributed by atoms with Gasteiger partial charge in [-0.2, -0.15) is 9.78 Å². The first-order chi connectivity index (χ1) is 7.65. The van der Waals surface area contributed by atoms with Crippen molar-refractivity contribution in [3.63, 3.8) is 0 Å². The number of non-ortho nitro benzene ring substituents is 1. The number of alkyl halides is 1. The molecule has 0 N–H and O–H groups in total. The number of halogens is 1. The summed E-state index contributed by atoms with van der Waals surface area (Å²) in [5, 5.41) is 14.8. The molecule has 0 radical (unpaired) electrons. The number of carbonyl (C=O) groups is 1. The van der Waals surface area contributed by atoms with Crippen LogP contribution < -0.4 is 0 Å². The second kappa shape index (κ2) is 3.90. The van der Waals surface area contributed by atoms with Crippen molar-refractivity contribution in [2.45, 2.75) is 0 Å². The fourth-order valence-corrected chi connectivity index (χ4v) is 1.56. The molecule has 0 amide bonds. The summed E-state index contributed by atoms with van der Waals surface area (Å²) in [6, 6.07) is 4.44. The van der Waals surface area contributed by atoms with Gasteiger partial charge in [0, 0.05) is 6.07 Å². The number of benzene rings is 1. The van der Waals surface area contributed by atoms with E-state index < -0.39 is 10.8 Å². The monoisotopic (exact) mass is 239 g/mol. The molecule has 0 unspecified atom stereocenters. The molecule has 2 rings (SSSR count). The minimum atomic E-state index is -0.514. The van der Waals surface area contributed by atoms with Gasteiger partial charge in [-0.05, 0) is 6.07 Å². The van der Waals surface area contributed by atoms with Gasteiger partial charge in [-0.15, -0.1) is 11.6 Å². The molecule has 16 heavy (non-hydrogen) atoms. The molecule has 1 heterocycles. The number of carbonyl (C=O) groups excluding carboxylic acids is 1. The number of aromatic nitrogens is 2. The van der Waals surface area contributed by atoms with Gasteiger partial charge >= 0.3 is 0 Å². The quantitative estimate of drug-likeness (QED) is 0.455. The van der Waals surface area contributed by atoms with E-state index in [0.717, 1.165) is 4.68 Å². The molecule has 0 saturated heterocycles. The van der Waals surface area contributed by atoms with Gasteiger partial charge in [0.05, 0.1) is 22.0 Å². The molecule has 2 aromatic rings. The van der Waals surface area contributed by atoms with Crippen molar-refractivity contribution in [1.82, 2.24) is 9.78 Å². The number of nitro benzene ring substituents is 1. The molecule has 1 aromatic carbocycles. The summed E-state index contributed by atoms with van der Waals surface area (Å²) in [5.41, 5.74) is 0.311. The molecule has 82 valence electrons. The molecule has 0 fully saturated rings. The number of hydrogen-bond acceptors (Lipinski definition) is 4. The Bertz CT molecular complexity index is 578. The molecule has 0 aliphatic rings. The Hall–Kier alpha value is -1.95.